The van der Waals surface area contributed by atoms with Crippen LogP contribution in [0.3, 0.4) is 0 Å². The SMILES string of the molecule is [C-]#[N+]c1ccc(NNC(=O)Nc2c(Cl)c(Cl)c(Cl)c(Cl)c2Cl)cc1C#N. The number of benzene rings is 2. The highest BCUT2D eigenvalue weighted by molar-refractivity contribution is 6.56. The molecule has 0 radical (unpaired) electrons. The van der Waals surface area contributed by atoms with Crippen molar-refractivity contribution in [1.29, 1.82) is 5.26 Å². The third kappa shape index (κ3) is 4.19. The Balaban J connectivity index is 2.14. The number of anilines is 2. The second-order valence-corrected chi connectivity index (χ2v) is 6.49. The fraction of sp³-hybridized carbons (Fsp3) is 0. The molecule has 0 aliphatic heterocycles. The zero-order valence-corrected chi connectivity index (χ0v) is 16.2. The number of urea groups is 1. The molecule has 2 aromatic rings. The Labute approximate surface area is 173 Å². The summed E-state index contributed by atoms with van der Waals surface area (Å²) in [6.45, 7) is 6.96. The van der Waals surface area contributed by atoms with Crippen molar-refractivity contribution < 1.29 is 4.79 Å². The zero-order chi connectivity index (χ0) is 19.4. The van der Waals surface area contributed by atoms with Crippen molar-refractivity contribution in [2.45, 2.75) is 0 Å². The number of rotatable bonds is 3. The Kier molecular flexibility index (Phi) is 6.66. The van der Waals surface area contributed by atoms with E-state index in [1.165, 1.54) is 18.2 Å². The number of carbonyl (C=O) groups is 1. The monoisotopic (exact) mass is 447 g/mol. The number of nitrogens with one attached hydrogen (secondary N) is 3. The van der Waals surface area contributed by atoms with Crippen LogP contribution >= 0.6 is 58.0 Å². The molecule has 26 heavy (non-hydrogen) atoms. The maximum atomic E-state index is 12.0. The molecular formula is C15H6Cl5N5O. The first-order valence-corrected chi connectivity index (χ1v) is 8.45. The van der Waals surface area contributed by atoms with Crippen molar-refractivity contribution in [1.82, 2.24) is 5.43 Å². The molecule has 2 aromatic carbocycles. The minimum atomic E-state index is -0.740. The molecule has 2 amide bonds. The largest absolute Gasteiger partial charge is 0.337 e. The van der Waals surface area contributed by atoms with Gasteiger partial charge in [0.25, 0.3) is 0 Å². The molecule has 0 aromatic heterocycles. The van der Waals surface area contributed by atoms with Crippen LogP contribution in [0.5, 0.6) is 0 Å². The Morgan fingerprint density at radius 2 is 1.62 bits per heavy atom. The van der Waals surface area contributed by atoms with Crippen molar-refractivity contribution in [2.75, 3.05) is 10.7 Å². The highest BCUT2D eigenvalue weighted by Crippen LogP contribution is 2.46. The lowest BCUT2D eigenvalue weighted by molar-refractivity contribution is 0.254. The molecule has 0 saturated carbocycles. The quantitative estimate of drug-likeness (QED) is 0.216. The van der Waals surface area contributed by atoms with E-state index in [0.717, 1.165) is 0 Å². The van der Waals surface area contributed by atoms with Crippen molar-refractivity contribution in [2.24, 2.45) is 0 Å². The van der Waals surface area contributed by atoms with E-state index in [9.17, 15) is 4.79 Å². The second kappa shape index (κ2) is 8.55. The lowest BCUT2D eigenvalue weighted by atomic mass is 10.2. The van der Waals surface area contributed by atoms with E-state index in [4.69, 9.17) is 69.8 Å². The number of hydrogen-bond acceptors (Lipinski definition) is 3. The minimum absolute atomic E-state index is 0.0203. The molecule has 0 aliphatic rings. The van der Waals surface area contributed by atoms with Crippen LogP contribution in [0.1, 0.15) is 5.56 Å². The average molecular weight is 450 g/mol. The van der Waals surface area contributed by atoms with Gasteiger partial charge in [-0.25, -0.2) is 9.64 Å². The van der Waals surface area contributed by atoms with Crippen LogP contribution in [0.4, 0.5) is 21.9 Å². The van der Waals surface area contributed by atoms with Gasteiger partial charge in [-0.05, 0) is 12.1 Å². The van der Waals surface area contributed by atoms with Gasteiger partial charge in [0.05, 0.1) is 54.7 Å². The molecule has 0 unspecified atom stereocenters. The summed E-state index contributed by atoms with van der Waals surface area (Å²) in [4.78, 5) is 15.3. The van der Waals surface area contributed by atoms with Gasteiger partial charge in [-0.2, -0.15) is 5.26 Å². The summed E-state index contributed by atoms with van der Waals surface area (Å²) in [5, 5.41) is 11.1. The van der Waals surface area contributed by atoms with Crippen LogP contribution < -0.4 is 16.2 Å². The summed E-state index contributed by atoms with van der Waals surface area (Å²) in [7, 11) is 0. The Bertz CT molecular complexity index is 951. The van der Waals surface area contributed by atoms with Gasteiger partial charge in [-0.3, -0.25) is 10.9 Å². The van der Waals surface area contributed by atoms with E-state index < -0.39 is 6.03 Å². The first-order chi connectivity index (χ1) is 12.3. The first-order valence-electron chi connectivity index (χ1n) is 6.56. The summed E-state index contributed by atoms with van der Waals surface area (Å²) < 4.78 is 0. The second-order valence-electron chi connectivity index (χ2n) is 4.60. The molecule has 2 rings (SSSR count). The smallest absolute Gasteiger partial charge is 0.304 e. The number of nitriles is 1. The maximum Gasteiger partial charge on any atom is 0.337 e. The molecule has 0 aliphatic carbocycles. The molecule has 6 nitrogen and oxygen atoms in total. The number of halogens is 5. The summed E-state index contributed by atoms with van der Waals surface area (Å²) in [5.41, 5.74) is 5.62. The van der Waals surface area contributed by atoms with Crippen LogP contribution in [0.15, 0.2) is 18.2 Å². The van der Waals surface area contributed by atoms with E-state index in [1.807, 2.05) is 6.07 Å². The third-order valence-corrected chi connectivity index (χ3v) is 5.28. The highest BCUT2D eigenvalue weighted by atomic mass is 35.5. The number of amides is 2. The van der Waals surface area contributed by atoms with Crippen molar-refractivity contribution in [3.63, 3.8) is 0 Å². The standard InChI is InChI=1S/C15H6Cl5N5O/c1-22-8-3-2-7(4-6(8)5-21)24-25-15(26)23-14-12(19)10(17)9(16)11(18)13(14)20/h2-4,24H,(H2,23,25,26). The molecule has 0 atom stereocenters. The van der Waals surface area contributed by atoms with Crippen LogP contribution in [0.2, 0.25) is 25.1 Å². The molecule has 0 spiro atoms. The van der Waals surface area contributed by atoms with E-state index in [1.54, 1.807) is 0 Å². The fourth-order valence-electron chi connectivity index (χ4n) is 1.79. The number of nitrogens with zero attached hydrogens (tertiary/aromatic N) is 2. The highest BCUT2D eigenvalue weighted by Gasteiger charge is 2.20. The minimum Gasteiger partial charge on any atom is -0.304 e. The van der Waals surface area contributed by atoms with E-state index >= 15 is 0 Å². The molecular weight excluding hydrogens is 443 g/mol. The molecule has 132 valence electrons. The van der Waals surface area contributed by atoms with E-state index in [-0.39, 0.29) is 42.1 Å². The van der Waals surface area contributed by atoms with Crippen molar-refractivity contribution in [3.05, 3.63) is 60.3 Å². The van der Waals surface area contributed by atoms with Gasteiger partial charge in [-0.15, -0.1) is 0 Å². The molecule has 0 heterocycles. The Morgan fingerprint density at radius 1 is 1.04 bits per heavy atom. The maximum absolute atomic E-state index is 12.0. The predicted octanol–water partition coefficient (Wildman–Crippen LogP) is 6.52. The Morgan fingerprint density at radius 3 is 2.15 bits per heavy atom. The van der Waals surface area contributed by atoms with Gasteiger partial charge >= 0.3 is 6.03 Å². The zero-order valence-electron chi connectivity index (χ0n) is 12.4. The van der Waals surface area contributed by atoms with Gasteiger partial charge in [0, 0.05) is 0 Å². The van der Waals surface area contributed by atoms with Gasteiger partial charge in [0.2, 0.25) is 5.69 Å². The summed E-state index contributed by atoms with van der Waals surface area (Å²) in [5.74, 6) is 0. The molecule has 0 fully saturated rings. The van der Waals surface area contributed by atoms with Crippen molar-refractivity contribution in [3.8, 4) is 6.07 Å². The van der Waals surface area contributed by atoms with Crippen LogP contribution in [0.25, 0.3) is 4.85 Å². The number of hydrazine groups is 1. The normalized spacial score (nSPS) is 9.81. The lowest BCUT2D eigenvalue weighted by Gasteiger charge is -2.15. The molecule has 0 saturated heterocycles. The predicted molar refractivity (Wildman–Crippen MR) is 105 cm³/mol. The van der Waals surface area contributed by atoms with Gasteiger partial charge in [0.1, 0.15) is 0 Å². The van der Waals surface area contributed by atoms with E-state index in [2.05, 4.69) is 21.0 Å². The Hall–Kier alpha value is -2.06. The summed E-state index contributed by atoms with van der Waals surface area (Å²) in [6.07, 6.45) is 0. The van der Waals surface area contributed by atoms with Gasteiger partial charge < -0.3 is 5.32 Å². The van der Waals surface area contributed by atoms with E-state index in [0.29, 0.717) is 5.69 Å². The fourth-order valence-corrected chi connectivity index (χ4v) is 3.02. The first kappa shape index (κ1) is 20.3. The summed E-state index contributed by atoms with van der Waals surface area (Å²) in [6, 6.07) is 5.52. The molecule has 11 heteroatoms. The third-order valence-electron chi connectivity index (χ3n) is 3.01. The number of hydrogen-bond donors (Lipinski definition) is 3. The van der Waals surface area contributed by atoms with Crippen LogP contribution in [0, 0.1) is 17.9 Å². The van der Waals surface area contributed by atoms with Crippen LogP contribution in [-0.4, -0.2) is 6.03 Å². The van der Waals surface area contributed by atoms with Gasteiger partial charge in [-0.1, -0.05) is 64.1 Å². The summed E-state index contributed by atoms with van der Waals surface area (Å²) >= 11 is 29.8. The molecule has 3 N–H and O–H groups in total. The van der Waals surface area contributed by atoms with Crippen LogP contribution in [-0.2, 0) is 0 Å². The topological polar surface area (TPSA) is 81.3 Å². The lowest BCUT2D eigenvalue weighted by Crippen LogP contribution is -2.33. The van der Waals surface area contributed by atoms with Gasteiger partial charge in [0.15, 0.2) is 0 Å². The van der Waals surface area contributed by atoms with Crippen molar-refractivity contribution >= 4 is 81.1 Å². The molecule has 0 bridgehead atoms. The number of carbonyl (C=O) groups excluding carboxylic acids is 1. The average Bonchev–Trinajstić information content (AvgIpc) is 2.66.